The molecular weight excluding hydrogens is 198 g/mol. The standard InChI is InChI=1S/C9H15N3O3/c1-15-7(13)9-3-2-6(11-9)4-12(5-9)8(10)14/h6,11H,2-5H2,1H3,(H2,10,14). The Morgan fingerprint density at radius 2 is 2.33 bits per heavy atom. The maximum atomic E-state index is 11.7. The fourth-order valence-corrected chi connectivity index (χ4v) is 2.46. The van der Waals surface area contributed by atoms with Gasteiger partial charge in [-0.2, -0.15) is 0 Å². The zero-order chi connectivity index (χ0) is 11.1. The van der Waals surface area contributed by atoms with Crippen molar-refractivity contribution in [3.8, 4) is 0 Å². The Balaban J connectivity index is 2.19. The highest BCUT2D eigenvalue weighted by atomic mass is 16.5. The predicted molar refractivity (Wildman–Crippen MR) is 52.1 cm³/mol. The van der Waals surface area contributed by atoms with Gasteiger partial charge in [-0.05, 0) is 12.8 Å². The number of esters is 1. The van der Waals surface area contributed by atoms with Gasteiger partial charge in [0.25, 0.3) is 0 Å². The highest BCUT2D eigenvalue weighted by Crippen LogP contribution is 2.30. The van der Waals surface area contributed by atoms with Crippen molar-refractivity contribution in [2.45, 2.75) is 24.4 Å². The number of nitrogens with zero attached hydrogens (tertiary/aromatic N) is 1. The largest absolute Gasteiger partial charge is 0.468 e. The van der Waals surface area contributed by atoms with Crippen LogP contribution in [0.1, 0.15) is 12.8 Å². The number of nitrogens with one attached hydrogen (secondary N) is 1. The molecule has 0 aromatic carbocycles. The fraction of sp³-hybridized carbons (Fsp3) is 0.778. The Hall–Kier alpha value is -1.30. The van der Waals surface area contributed by atoms with E-state index in [2.05, 4.69) is 5.32 Å². The summed E-state index contributed by atoms with van der Waals surface area (Å²) in [6.45, 7) is 0.888. The number of rotatable bonds is 1. The van der Waals surface area contributed by atoms with E-state index in [0.29, 0.717) is 19.5 Å². The number of carbonyl (C=O) groups excluding carboxylic acids is 2. The number of urea groups is 1. The van der Waals surface area contributed by atoms with Crippen molar-refractivity contribution in [1.82, 2.24) is 10.2 Å². The van der Waals surface area contributed by atoms with Crippen molar-refractivity contribution in [3.63, 3.8) is 0 Å². The van der Waals surface area contributed by atoms with E-state index in [9.17, 15) is 9.59 Å². The van der Waals surface area contributed by atoms with Crippen LogP contribution in [0.2, 0.25) is 0 Å². The Morgan fingerprint density at radius 3 is 2.93 bits per heavy atom. The summed E-state index contributed by atoms with van der Waals surface area (Å²) >= 11 is 0. The summed E-state index contributed by atoms with van der Waals surface area (Å²) in [6.07, 6.45) is 1.58. The summed E-state index contributed by atoms with van der Waals surface area (Å²) in [6, 6.07) is -0.318. The van der Waals surface area contributed by atoms with Gasteiger partial charge < -0.3 is 15.4 Å². The number of hydrogen-bond acceptors (Lipinski definition) is 4. The van der Waals surface area contributed by atoms with Crippen LogP contribution in [0, 0.1) is 0 Å². The Kier molecular flexibility index (Phi) is 2.30. The molecule has 0 radical (unpaired) electrons. The molecule has 6 heteroatoms. The Labute approximate surface area is 87.7 Å². The zero-order valence-corrected chi connectivity index (χ0v) is 8.66. The third-order valence-corrected chi connectivity index (χ3v) is 3.19. The third-order valence-electron chi connectivity index (χ3n) is 3.19. The third kappa shape index (κ3) is 1.54. The minimum absolute atomic E-state index is 0.158. The molecule has 0 aliphatic carbocycles. The molecule has 0 spiro atoms. The van der Waals surface area contributed by atoms with Crippen LogP contribution in [0.4, 0.5) is 4.79 Å². The number of ether oxygens (including phenoxy) is 1. The number of primary amides is 1. The molecule has 2 aliphatic rings. The van der Waals surface area contributed by atoms with Gasteiger partial charge >= 0.3 is 12.0 Å². The number of likely N-dealkylation sites (tertiary alicyclic amines) is 1. The summed E-state index contributed by atoms with van der Waals surface area (Å²) in [5.41, 5.74) is 4.50. The van der Waals surface area contributed by atoms with Gasteiger partial charge in [0.05, 0.1) is 13.7 Å². The maximum Gasteiger partial charge on any atom is 0.327 e. The smallest absolute Gasteiger partial charge is 0.327 e. The van der Waals surface area contributed by atoms with Gasteiger partial charge in [-0.3, -0.25) is 5.32 Å². The number of nitrogens with two attached hydrogens (primary N) is 1. The first-order valence-corrected chi connectivity index (χ1v) is 4.98. The fourth-order valence-electron chi connectivity index (χ4n) is 2.46. The molecule has 3 N–H and O–H groups in total. The molecule has 2 unspecified atom stereocenters. The molecule has 6 nitrogen and oxygen atoms in total. The van der Waals surface area contributed by atoms with Crippen LogP contribution < -0.4 is 11.1 Å². The van der Waals surface area contributed by atoms with Crippen LogP contribution in [-0.2, 0) is 9.53 Å². The minimum Gasteiger partial charge on any atom is -0.468 e. The van der Waals surface area contributed by atoms with E-state index in [1.54, 1.807) is 0 Å². The van der Waals surface area contributed by atoms with Gasteiger partial charge in [-0.1, -0.05) is 0 Å². The monoisotopic (exact) mass is 213 g/mol. The zero-order valence-electron chi connectivity index (χ0n) is 8.66. The number of methoxy groups -OCH3 is 1. The molecule has 84 valence electrons. The van der Waals surface area contributed by atoms with Crippen LogP contribution in [0.15, 0.2) is 0 Å². The molecule has 0 saturated carbocycles. The SMILES string of the molecule is COC(=O)C12CCC(CN(C(N)=O)C1)N2. The summed E-state index contributed by atoms with van der Waals surface area (Å²) < 4.78 is 4.76. The van der Waals surface area contributed by atoms with E-state index in [1.165, 1.54) is 12.0 Å². The number of carbonyl (C=O) groups is 2. The maximum absolute atomic E-state index is 11.7. The highest BCUT2D eigenvalue weighted by molar-refractivity contribution is 5.83. The topological polar surface area (TPSA) is 84.7 Å². The van der Waals surface area contributed by atoms with Crippen molar-refractivity contribution in [2.75, 3.05) is 20.2 Å². The molecule has 2 amide bonds. The molecule has 2 bridgehead atoms. The first-order valence-electron chi connectivity index (χ1n) is 4.98. The highest BCUT2D eigenvalue weighted by Gasteiger charge is 2.51. The molecule has 2 heterocycles. The lowest BCUT2D eigenvalue weighted by atomic mass is 9.97. The van der Waals surface area contributed by atoms with Gasteiger partial charge in [0.15, 0.2) is 0 Å². The molecular formula is C9H15N3O3. The molecule has 0 aromatic heterocycles. The summed E-state index contributed by atoms with van der Waals surface area (Å²) in [5.74, 6) is -0.309. The van der Waals surface area contributed by atoms with Crippen molar-refractivity contribution < 1.29 is 14.3 Å². The van der Waals surface area contributed by atoms with Gasteiger partial charge in [-0.25, -0.2) is 9.59 Å². The van der Waals surface area contributed by atoms with E-state index in [-0.39, 0.29) is 12.0 Å². The Morgan fingerprint density at radius 1 is 1.60 bits per heavy atom. The second-order valence-corrected chi connectivity index (χ2v) is 4.17. The van der Waals surface area contributed by atoms with E-state index >= 15 is 0 Å². The first kappa shape index (κ1) is 10.2. The van der Waals surface area contributed by atoms with Crippen LogP contribution in [0.3, 0.4) is 0 Å². The quantitative estimate of drug-likeness (QED) is 0.550. The number of amides is 2. The minimum atomic E-state index is -0.729. The van der Waals surface area contributed by atoms with Crippen LogP contribution >= 0.6 is 0 Å². The van der Waals surface area contributed by atoms with Gasteiger partial charge in [-0.15, -0.1) is 0 Å². The number of hydrogen-bond donors (Lipinski definition) is 2. The molecule has 2 fully saturated rings. The number of piperazine rings is 1. The van der Waals surface area contributed by atoms with E-state index in [0.717, 1.165) is 6.42 Å². The van der Waals surface area contributed by atoms with E-state index in [4.69, 9.17) is 10.5 Å². The summed E-state index contributed by atoms with van der Waals surface area (Å²) in [4.78, 5) is 24.3. The van der Waals surface area contributed by atoms with Gasteiger partial charge in [0.1, 0.15) is 5.54 Å². The lowest BCUT2D eigenvalue weighted by molar-refractivity contribution is -0.149. The number of fused-ring (bicyclic) bond motifs is 2. The normalized spacial score (nSPS) is 33.9. The summed E-state index contributed by atoms with van der Waals surface area (Å²) in [7, 11) is 1.36. The van der Waals surface area contributed by atoms with Gasteiger partial charge in [0, 0.05) is 12.6 Å². The molecule has 2 saturated heterocycles. The molecule has 2 aliphatic heterocycles. The predicted octanol–water partition coefficient (Wildman–Crippen LogP) is -0.955. The first-order chi connectivity index (χ1) is 7.07. The van der Waals surface area contributed by atoms with E-state index in [1.807, 2.05) is 0 Å². The van der Waals surface area contributed by atoms with Crippen LogP contribution in [-0.4, -0.2) is 48.7 Å². The van der Waals surface area contributed by atoms with Gasteiger partial charge in [0.2, 0.25) is 0 Å². The second-order valence-electron chi connectivity index (χ2n) is 4.17. The molecule has 2 rings (SSSR count). The summed E-state index contributed by atoms with van der Waals surface area (Å²) in [5, 5.41) is 3.22. The van der Waals surface area contributed by atoms with Crippen molar-refractivity contribution in [3.05, 3.63) is 0 Å². The van der Waals surface area contributed by atoms with E-state index < -0.39 is 11.6 Å². The van der Waals surface area contributed by atoms with Crippen molar-refractivity contribution >= 4 is 12.0 Å². The Bertz CT molecular complexity index is 307. The lowest BCUT2D eigenvalue weighted by Crippen LogP contribution is -2.65. The van der Waals surface area contributed by atoms with Crippen LogP contribution in [0.5, 0.6) is 0 Å². The lowest BCUT2D eigenvalue weighted by Gasteiger charge is -2.38. The van der Waals surface area contributed by atoms with Crippen LogP contribution in [0.25, 0.3) is 0 Å². The average Bonchev–Trinajstić information content (AvgIpc) is 2.54. The average molecular weight is 213 g/mol. The molecule has 15 heavy (non-hydrogen) atoms. The van der Waals surface area contributed by atoms with Crippen molar-refractivity contribution in [1.29, 1.82) is 0 Å². The second kappa shape index (κ2) is 3.37. The molecule has 2 atom stereocenters. The molecule has 0 aromatic rings. The van der Waals surface area contributed by atoms with Crippen molar-refractivity contribution in [2.24, 2.45) is 5.73 Å².